The lowest BCUT2D eigenvalue weighted by molar-refractivity contribution is 0.0403. The number of oxazole rings is 1. The summed E-state index contributed by atoms with van der Waals surface area (Å²) in [6, 6.07) is 6.20. The third kappa shape index (κ3) is 4.15. The van der Waals surface area contributed by atoms with Crippen LogP contribution in [0.15, 0.2) is 34.9 Å². The molecule has 0 aliphatic rings. The highest BCUT2D eigenvalue weighted by Crippen LogP contribution is 2.21. The van der Waals surface area contributed by atoms with Crippen LogP contribution in [0.4, 0.5) is 4.39 Å². The summed E-state index contributed by atoms with van der Waals surface area (Å²) >= 11 is 0. The Morgan fingerprint density at radius 1 is 1.40 bits per heavy atom. The normalized spacial score (nSPS) is 12.1. The summed E-state index contributed by atoms with van der Waals surface area (Å²) in [7, 11) is 1.88. The molecule has 0 aliphatic heterocycles. The molecule has 2 rings (SSSR count). The molecule has 108 valence electrons. The van der Waals surface area contributed by atoms with Crippen molar-refractivity contribution in [3.63, 3.8) is 0 Å². The molecule has 0 spiro atoms. The summed E-state index contributed by atoms with van der Waals surface area (Å²) in [5.41, 5.74) is -0.110. The fourth-order valence-electron chi connectivity index (χ4n) is 2.11. The molecule has 0 saturated heterocycles. The molecule has 0 fully saturated rings. The number of rotatable bonds is 5. The number of likely N-dealkylation sites (N-methyl/N-ethyl adjacent to an activating group) is 1. The summed E-state index contributed by atoms with van der Waals surface area (Å²) in [5, 5.41) is 9.75. The van der Waals surface area contributed by atoms with Crippen LogP contribution in [-0.2, 0) is 6.54 Å². The fourth-order valence-corrected chi connectivity index (χ4v) is 2.11. The first-order chi connectivity index (χ1) is 9.33. The van der Waals surface area contributed by atoms with Crippen LogP contribution in [0.1, 0.15) is 19.7 Å². The summed E-state index contributed by atoms with van der Waals surface area (Å²) in [6.45, 7) is 4.48. The van der Waals surface area contributed by atoms with E-state index in [1.54, 1.807) is 32.2 Å². The molecule has 1 N–H and O–H groups in total. The van der Waals surface area contributed by atoms with Crippen LogP contribution < -0.4 is 0 Å². The average molecular weight is 278 g/mol. The molecule has 0 amide bonds. The van der Waals surface area contributed by atoms with Crippen LogP contribution in [-0.4, -0.2) is 34.2 Å². The van der Waals surface area contributed by atoms with E-state index in [1.807, 2.05) is 11.9 Å². The minimum Gasteiger partial charge on any atom is -0.439 e. The molecule has 1 aromatic carbocycles. The van der Waals surface area contributed by atoms with E-state index in [9.17, 15) is 9.50 Å². The molecule has 0 atom stereocenters. The van der Waals surface area contributed by atoms with Crippen LogP contribution in [0.2, 0.25) is 0 Å². The van der Waals surface area contributed by atoms with E-state index >= 15 is 0 Å². The molecule has 0 aliphatic carbocycles. The Morgan fingerprint density at radius 3 is 2.80 bits per heavy atom. The number of aliphatic hydroxyl groups is 1. The minimum absolute atomic E-state index is 0.306. The van der Waals surface area contributed by atoms with E-state index in [4.69, 9.17) is 4.42 Å². The molecule has 20 heavy (non-hydrogen) atoms. The van der Waals surface area contributed by atoms with Gasteiger partial charge in [-0.2, -0.15) is 0 Å². The highest BCUT2D eigenvalue weighted by Gasteiger charge is 2.17. The number of hydrogen-bond acceptors (Lipinski definition) is 4. The summed E-state index contributed by atoms with van der Waals surface area (Å²) in [5.74, 6) is 0.770. The Balaban J connectivity index is 2.06. The van der Waals surface area contributed by atoms with Crippen LogP contribution in [0.3, 0.4) is 0 Å². The largest absolute Gasteiger partial charge is 0.439 e. The van der Waals surface area contributed by atoms with Gasteiger partial charge in [0.15, 0.2) is 5.76 Å². The van der Waals surface area contributed by atoms with Crippen molar-refractivity contribution in [3.05, 3.63) is 42.2 Å². The maximum absolute atomic E-state index is 13.2. The van der Waals surface area contributed by atoms with Crippen molar-refractivity contribution in [2.75, 3.05) is 13.6 Å². The maximum Gasteiger partial charge on any atom is 0.209 e. The van der Waals surface area contributed by atoms with Crippen molar-refractivity contribution in [1.82, 2.24) is 9.88 Å². The second-order valence-corrected chi connectivity index (χ2v) is 5.61. The predicted molar refractivity (Wildman–Crippen MR) is 74.5 cm³/mol. The topological polar surface area (TPSA) is 49.5 Å². The smallest absolute Gasteiger partial charge is 0.209 e. The van der Waals surface area contributed by atoms with Crippen molar-refractivity contribution in [2.24, 2.45) is 0 Å². The Bertz CT molecular complexity index is 575. The molecule has 0 radical (unpaired) electrons. The van der Waals surface area contributed by atoms with Gasteiger partial charge in [0.25, 0.3) is 0 Å². The van der Waals surface area contributed by atoms with E-state index in [2.05, 4.69) is 4.98 Å². The van der Waals surface area contributed by atoms with E-state index in [1.165, 1.54) is 12.1 Å². The molecule has 0 saturated carbocycles. The lowest BCUT2D eigenvalue weighted by atomic mass is 10.1. The van der Waals surface area contributed by atoms with Crippen molar-refractivity contribution in [1.29, 1.82) is 0 Å². The van der Waals surface area contributed by atoms with Gasteiger partial charge < -0.3 is 9.52 Å². The van der Waals surface area contributed by atoms with Gasteiger partial charge in [0.05, 0.1) is 18.3 Å². The monoisotopic (exact) mass is 278 g/mol. The first kappa shape index (κ1) is 14.7. The van der Waals surface area contributed by atoms with Gasteiger partial charge in [-0.25, -0.2) is 9.37 Å². The number of halogens is 1. The summed E-state index contributed by atoms with van der Waals surface area (Å²) in [6.07, 6.45) is 1.59. The highest BCUT2D eigenvalue weighted by molar-refractivity contribution is 5.56. The average Bonchev–Trinajstić information content (AvgIpc) is 2.74. The molecular formula is C15H19FN2O2. The third-order valence-corrected chi connectivity index (χ3v) is 2.72. The Kier molecular flexibility index (Phi) is 4.20. The molecule has 1 heterocycles. The van der Waals surface area contributed by atoms with Crippen molar-refractivity contribution < 1.29 is 13.9 Å². The van der Waals surface area contributed by atoms with Crippen LogP contribution in [0.25, 0.3) is 11.3 Å². The Morgan fingerprint density at radius 2 is 2.15 bits per heavy atom. The number of hydrogen-bond donors (Lipinski definition) is 1. The van der Waals surface area contributed by atoms with Crippen LogP contribution in [0.5, 0.6) is 0 Å². The van der Waals surface area contributed by atoms with Gasteiger partial charge in [0.1, 0.15) is 5.82 Å². The molecule has 0 bridgehead atoms. The number of aromatic nitrogens is 1. The van der Waals surface area contributed by atoms with Crippen LogP contribution >= 0.6 is 0 Å². The van der Waals surface area contributed by atoms with Gasteiger partial charge in [-0.05, 0) is 33.0 Å². The molecule has 1 aromatic heterocycles. The standard InChI is InChI=1S/C15H19FN2O2/c1-15(2,19)10-18(3)9-14-17-8-13(20-14)11-5-4-6-12(16)7-11/h4-8,19H,9-10H2,1-3H3. The van der Waals surface area contributed by atoms with Gasteiger partial charge >= 0.3 is 0 Å². The van der Waals surface area contributed by atoms with Gasteiger partial charge in [-0.15, -0.1) is 0 Å². The van der Waals surface area contributed by atoms with Gasteiger partial charge in [-0.1, -0.05) is 12.1 Å². The predicted octanol–water partition coefficient (Wildman–Crippen LogP) is 2.68. The van der Waals surface area contributed by atoms with E-state index in [0.29, 0.717) is 30.3 Å². The molecular weight excluding hydrogens is 259 g/mol. The second-order valence-electron chi connectivity index (χ2n) is 5.61. The number of benzene rings is 1. The van der Waals surface area contributed by atoms with Gasteiger partial charge in [0, 0.05) is 12.1 Å². The SMILES string of the molecule is CN(Cc1ncc(-c2cccc(F)c2)o1)CC(C)(C)O. The zero-order chi connectivity index (χ0) is 14.8. The van der Waals surface area contributed by atoms with Crippen molar-refractivity contribution >= 4 is 0 Å². The Labute approximate surface area is 117 Å². The van der Waals surface area contributed by atoms with Crippen molar-refractivity contribution in [3.8, 4) is 11.3 Å². The van der Waals surface area contributed by atoms with E-state index < -0.39 is 5.60 Å². The van der Waals surface area contributed by atoms with Gasteiger partial charge in [0.2, 0.25) is 5.89 Å². The molecule has 4 nitrogen and oxygen atoms in total. The first-order valence-corrected chi connectivity index (χ1v) is 6.45. The Hall–Kier alpha value is -1.72. The lowest BCUT2D eigenvalue weighted by Gasteiger charge is -2.24. The van der Waals surface area contributed by atoms with E-state index in [-0.39, 0.29) is 5.82 Å². The third-order valence-electron chi connectivity index (χ3n) is 2.72. The quantitative estimate of drug-likeness (QED) is 0.913. The molecule has 5 heteroatoms. The van der Waals surface area contributed by atoms with E-state index in [0.717, 1.165) is 0 Å². The highest BCUT2D eigenvalue weighted by atomic mass is 19.1. The first-order valence-electron chi connectivity index (χ1n) is 6.45. The molecule has 0 unspecified atom stereocenters. The zero-order valence-corrected chi connectivity index (χ0v) is 11.9. The maximum atomic E-state index is 13.2. The number of nitrogens with zero attached hydrogens (tertiary/aromatic N) is 2. The van der Waals surface area contributed by atoms with Crippen molar-refractivity contribution in [2.45, 2.75) is 26.0 Å². The zero-order valence-electron chi connectivity index (χ0n) is 11.9. The summed E-state index contributed by atoms with van der Waals surface area (Å²) in [4.78, 5) is 6.10. The summed E-state index contributed by atoms with van der Waals surface area (Å²) < 4.78 is 18.8. The lowest BCUT2D eigenvalue weighted by Crippen LogP contribution is -2.35. The minimum atomic E-state index is -0.771. The second kappa shape index (κ2) is 5.73. The fraction of sp³-hybridized carbons (Fsp3) is 0.400. The van der Waals surface area contributed by atoms with Gasteiger partial charge in [-0.3, -0.25) is 4.90 Å². The molecule has 2 aromatic rings. The van der Waals surface area contributed by atoms with Crippen LogP contribution in [0, 0.1) is 5.82 Å².